The van der Waals surface area contributed by atoms with E-state index in [-0.39, 0.29) is 5.56 Å². The number of hydrogen-bond acceptors (Lipinski definition) is 1. The molecule has 1 atom stereocenters. The van der Waals surface area contributed by atoms with Crippen molar-refractivity contribution in [2.24, 2.45) is 0 Å². The van der Waals surface area contributed by atoms with E-state index in [0.29, 0.717) is 0 Å². The zero-order valence-corrected chi connectivity index (χ0v) is 6.67. The summed E-state index contributed by atoms with van der Waals surface area (Å²) in [5, 5.41) is 8.97. The molecule has 0 heterocycles. The Morgan fingerprint density at radius 2 is 2.00 bits per heavy atom. The maximum Gasteiger partial charge on any atom is 0.268 e. The molecule has 1 rings (SSSR count). The van der Waals surface area contributed by atoms with Gasteiger partial charge < -0.3 is 5.11 Å². The average molecular weight is 172 g/mol. The van der Waals surface area contributed by atoms with Gasteiger partial charge in [0.15, 0.2) is 0 Å². The Morgan fingerprint density at radius 1 is 1.33 bits per heavy atom. The molecule has 0 fully saturated rings. The van der Waals surface area contributed by atoms with Gasteiger partial charge in [-0.2, -0.15) is 0 Å². The number of alkyl halides is 2. The third-order valence-electron chi connectivity index (χ3n) is 1.62. The van der Waals surface area contributed by atoms with Crippen LogP contribution in [0.2, 0.25) is 0 Å². The predicted molar refractivity (Wildman–Crippen MR) is 42.1 cm³/mol. The highest BCUT2D eigenvalue weighted by Crippen LogP contribution is 2.20. The van der Waals surface area contributed by atoms with Crippen molar-refractivity contribution >= 4 is 0 Å². The molecule has 0 saturated heterocycles. The van der Waals surface area contributed by atoms with Crippen LogP contribution < -0.4 is 0 Å². The summed E-state index contributed by atoms with van der Waals surface area (Å²) in [7, 11) is 0. The smallest absolute Gasteiger partial charge is 0.268 e. The van der Waals surface area contributed by atoms with Gasteiger partial charge in [-0.25, -0.2) is 8.78 Å². The van der Waals surface area contributed by atoms with E-state index in [2.05, 4.69) is 0 Å². The first kappa shape index (κ1) is 9.13. The molecule has 0 aromatic heterocycles. The minimum Gasteiger partial charge on any atom is -0.382 e. The Balaban J connectivity index is 2.88. The molecule has 0 bridgehead atoms. The lowest BCUT2D eigenvalue weighted by Gasteiger charge is -2.09. The fourth-order valence-corrected chi connectivity index (χ4v) is 1.000. The van der Waals surface area contributed by atoms with E-state index in [9.17, 15) is 8.78 Å². The highest BCUT2D eigenvalue weighted by molar-refractivity contribution is 5.24. The minimum absolute atomic E-state index is 0.269. The van der Waals surface area contributed by atoms with Crippen molar-refractivity contribution in [3.05, 3.63) is 35.4 Å². The highest BCUT2D eigenvalue weighted by Gasteiger charge is 2.18. The molecule has 0 aliphatic heterocycles. The topological polar surface area (TPSA) is 20.2 Å². The van der Waals surface area contributed by atoms with Gasteiger partial charge in [-0.3, -0.25) is 0 Å². The fraction of sp³-hybridized carbons (Fsp3) is 0.333. The number of aliphatic hydroxyl groups is 1. The summed E-state index contributed by atoms with van der Waals surface area (Å²) in [5.41, 5.74) is 1.14. The zero-order chi connectivity index (χ0) is 9.14. The molecule has 12 heavy (non-hydrogen) atoms. The molecule has 0 saturated carbocycles. The van der Waals surface area contributed by atoms with Crippen LogP contribution in [0.1, 0.15) is 17.2 Å². The Morgan fingerprint density at radius 3 is 2.50 bits per heavy atom. The maximum absolute atomic E-state index is 12.0. The van der Waals surface area contributed by atoms with Crippen LogP contribution in [0.4, 0.5) is 8.78 Å². The summed E-state index contributed by atoms with van der Waals surface area (Å²) in [4.78, 5) is 0. The normalized spacial score (nSPS) is 13.4. The van der Waals surface area contributed by atoms with Crippen LogP contribution in [0.25, 0.3) is 0 Å². The number of aliphatic hydroxyl groups excluding tert-OH is 1. The second kappa shape index (κ2) is 3.63. The summed E-state index contributed by atoms with van der Waals surface area (Å²) < 4.78 is 24.0. The summed E-state index contributed by atoms with van der Waals surface area (Å²) in [6, 6.07) is 6.48. The lowest BCUT2D eigenvalue weighted by Crippen LogP contribution is -2.07. The van der Waals surface area contributed by atoms with E-state index in [1.165, 1.54) is 6.07 Å². The molecule has 3 heteroatoms. The highest BCUT2D eigenvalue weighted by atomic mass is 19.3. The van der Waals surface area contributed by atoms with E-state index in [1.807, 2.05) is 0 Å². The molecular formula is C9H10F2O. The maximum atomic E-state index is 12.0. The lowest BCUT2D eigenvalue weighted by molar-refractivity contribution is -0.00580. The van der Waals surface area contributed by atoms with E-state index in [4.69, 9.17) is 5.11 Å². The van der Waals surface area contributed by atoms with E-state index < -0.39 is 12.5 Å². The molecule has 1 aromatic rings. The molecule has 0 spiro atoms. The molecule has 1 unspecified atom stereocenters. The number of hydrogen-bond donors (Lipinski definition) is 1. The van der Waals surface area contributed by atoms with Crippen LogP contribution in [0.3, 0.4) is 0 Å². The van der Waals surface area contributed by atoms with Crippen LogP contribution in [0, 0.1) is 6.92 Å². The average Bonchev–Trinajstić information content (AvgIpc) is 2.03. The Bertz CT molecular complexity index is 260. The van der Waals surface area contributed by atoms with Crippen LogP contribution in [0.15, 0.2) is 24.3 Å². The molecule has 66 valence electrons. The van der Waals surface area contributed by atoms with Crippen LogP contribution >= 0.6 is 0 Å². The second-order valence-corrected chi connectivity index (χ2v) is 2.69. The van der Waals surface area contributed by atoms with Gasteiger partial charge in [0.1, 0.15) is 6.10 Å². The number of rotatable bonds is 2. The lowest BCUT2D eigenvalue weighted by atomic mass is 10.1. The SMILES string of the molecule is Cc1cccc(C(O)C(F)F)c1. The van der Waals surface area contributed by atoms with Crippen molar-refractivity contribution in [3.8, 4) is 0 Å². The van der Waals surface area contributed by atoms with Gasteiger partial charge in [0.25, 0.3) is 6.43 Å². The largest absolute Gasteiger partial charge is 0.382 e. The summed E-state index contributed by atoms with van der Waals surface area (Å²) >= 11 is 0. The first-order valence-electron chi connectivity index (χ1n) is 3.64. The molecule has 1 aromatic carbocycles. The molecule has 1 N–H and O–H groups in total. The standard InChI is InChI=1S/C9H10F2O/c1-6-3-2-4-7(5-6)8(12)9(10)11/h2-5,8-9,12H,1H3. The van der Waals surface area contributed by atoms with Gasteiger partial charge in [-0.15, -0.1) is 0 Å². The quantitative estimate of drug-likeness (QED) is 0.725. The van der Waals surface area contributed by atoms with Gasteiger partial charge in [-0.05, 0) is 12.5 Å². The summed E-state index contributed by atoms with van der Waals surface area (Å²) in [6.07, 6.45) is -4.38. The van der Waals surface area contributed by atoms with Crippen molar-refractivity contribution in [1.82, 2.24) is 0 Å². The Hall–Kier alpha value is -0.960. The van der Waals surface area contributed by atoms with E-state index in [1.54, 1.807) is 25.1 Å². The predicted octanol–water partition coefficient (Wildman–Crippen LogP) is 2.29. The van der Waals surface area contributed by atoms with E-state index in [0.717, 1.165) is 5.56 Å². The minimum atomic E-state index is -2.72. The van der Waals surface area contributed by atoms with E-state index >= 15 is 0 Å². The summed E-state index contributed by atoms with van der Waals surface area (Å²) in [6.45, 7) is 1.79. The van der Waals surface area contributed by atoms with Crippen molar-refractivity contribution in [3.63, 3.8) is 0 Å². The first-order chi connectivity index (χ1) is 5.61. The van der Waals surface area contributed by atoms with Crippen LogP contribution in [-0.4, -0.2) is 11.5 Å². The number of halogens is 2. The second-order valence-electron chi connectivity index (χ2n) is 2.69. The fourth-order valence-electron chi connectivity index (χ4n) is 1.000. The van der Waals surface area contributed by atoms with Crippen LogP contribution in [0.5, 0.6) is 0 Å². The van der Waals surface area contributed by atoms with Crippen molar-refractivity contribution in [2.75, 3.05) is 0 Å². The van der Waals surface area contributed by atoms with Gasteiger partial charge in [-0.1, -0.05) is 29.8 Å². The zero-order valence-electron chi connectivity index (χ0n) is 6.67. The van der Waals surface area contributed by atoms with Gasteiger partial charge in [0.2, 0.25) is 0 Å². The molecular weight excluding hydrogens is 162 g/mol. The van der Waals surface area contributed by atoms with Gasteiger partial charge in [0, 0.05) is 0 Å². The number of benzene rings is 1. The Labute approximate surface area is 69.7 Å². The molecule has 0 radical (unpaired) electrons. The third-order valence-corrected chi connectivity index (χ3v) is 1.62. The Kier molecular flexibility index (Phi) is 2.76. The molecule has 0 aliphatic rings. The van der Waals surface area contributed by atoms with Crippen molar-refractivity contribution < 1.29 is 13.9 Å². The number of aryl methyl sites for hydroxylation is 1. The first-order valence-corrected chi connectivity index (χ1v) is 3.64. The monoisotopic (exact) mass is 172 g/mol. The molecule has 0 amide bonds. The van der Waals surface area contributed by atoms with Crippen molar-refractivity contribution in [2.45, 2.75) is 19.5 Å². The van der Waals surface area contributed by atoms with Gasteiger partial charge in [0.05, 0.1) is 0 Å². The molecule has 1 nitrogen and oxygen atoms in total. The third kappa shape index (κ3) is 2.01. The van der Waals surface area contributed by atoms with Crippen molar-refractivity contribution in [1.29, 1.82) is 0 Å². The van der Waals surface area contributed by atoms with Gasteiger partial charge >= 0.3 is 0 Å². The summed E-state index contributed by atoms with van der Waals surface area (Å²) in [5.74, 6) is 0. The molecule has 0 aliphatic carbocycles. The van der Waals surface area contributed by atoms with Crippen LogP contribution in [-0.2, 0) is 0 Å².